The van der Waals surface area contributed by atoms with Gasteiger partial charge in [0.2, 0.25) is 0 Å². The summed E-state index contributed by atoms with van der Waals surface area (Å²) in [6, 6.07) is 0. The van der Waals surface area contributed by atoms with Crippen LogP contribution < -0.4 is 30.8 Å². The Balaban J connectivity index is -0.0000000390. The van der Waals surface area contributed by atoms with E-state index in [4.69, 9.17) is 30.7 Å². The average molecular weight is 699 g/mol. The van der Waals surface area contributed by atoms with Crippen molar-refractivity contribution in [3.63, 3.8) is 0 Å². The molecule has 0 unspecified atom stereocenters. The molecule has 22 heteroatoms. The van der Waals surface area contributed by atoms with Crippen molar-refractivity contribution in [2.45, 2.75) is 30.8 Å². The van der Waals surface area contributed by atoms with E-state index >= 15 is 0 Å². The average Bonchev–Trinajstić information content (AvgIpc) is 2.30. The van der Waals surface area contributed by atoms with Crippen LogP contribution in [-0.4, -0.2) is 49.5 Å². The van der Waals surface area contributed by atoms with Gasteiger partial charge in [0.05, 0.1) is 6.61 Å². The van der Waals surface area contributed by atoms with Crippen LogP contribution in [0.1, 0.15) is 19.8 Å². The van der Waals surface area contributed by atoms with E-state index in [2.05, 4.69) is 11.1 Å². The van der Waals surface area contributed by atoms with Gasteiger partial charge in [-0.1, -0.05) is 6.08 Å². The minimum Gasteiger partial charge on any atom is -0.741 e. The van der Waals surface area contributed by atoms with Crippen LogP contribution in [0.5, 0.6) is 0 Å². The predicted octanol–water partition coefficient (Wildman–Crippen LogP) is 2.64. The van der Waals surface area contributed by atoms with Crippen molar-refractivity contribution in [1.82, 2.24) is 30.8 Å². The summed E-state index contributed by atoms with van der Waals surface area (Å²) in [5.74, 6) is 0.769. The zero-order chi connectivity index (χ0) is 20.5. The van der Waals surface area contributed by atoms with Crippen LogP contribution in [0.15, 0.2) is 17.3 Å². The van der Waals surface area contributed by atoms with Crippen LogP contribution in [0.3, 0.4) is 0 Å². The first-order valence-corrected chi connectivity index (χ1v) is 8.57. The van der Waals surface area contributed by atoms with Crippen LogP contribution >= 0.6 is 0 Å². The molecule has 0 aromatic rings. The van der Waals surface area contributed by atoms with Crippen LogP contribution in [-0.2, 0) is 44.8 Å². The van der Waals surface area contributed by atoms with E-state index in [-0.39, 0.29) is 50.5 Å². The van der Waals surface area contributed by atoms with Crippen molar-refractivity contribution in [3.05, 3.63) is 12.3 Å². The zero-order valence-electron chi connectivity index (χ0n) is 16.1. The van der Waals surface area contributed by atoms with Gasteiger partial charge in [-0.15, -0.1) is 0 Å². The minimum absolute atomic E-state index is 0. The number of ether oxygens (including phenoxy) is 1. The molecular formula is C9H26F6N6O7OsS2. The van der Waals surface area contributed by atoms with Gasteiger partial charge in [0, 0.05) is 13.1 Å². The Hall–Kier alpha value is -0.954. The van der Waals surface area contributed by atoms with Crippen LogP contribution in [0.25, 0.3) is 0 Å². The van der Waals surface area contributed by atoms with Crippen molar-refractivity contribution < 1.29 is 76.8 Å². The van der Waals surface area contributed by atoms with E-state index in [9.17, 15) is 26.3 Å². The fraction of sp³-hybridized carbons (Fsp3) is 0.667. The Labute approximate surface area is 188 Å². The van der Waals surface area contributed by atoms with Gasteiger partial charge in [0.15, 0.2) is 26.1 Å². The molecule has 15 N–H and O–H groups in total. The molecule has 1 aliphatic rings. The van der Waals surface area contributed by atoms with Gasteiger partial charge in [-0.25, -0.2) is 21.8 Å². The van der Waals surface area contributed by atoms with Crippen LogP contribution in [0.2, 0.25) is 0 Å². The molecule has 0 radical (unpaired) electrons. The second-order valence-electron chi connectivity index (χ2n) is 3.82. The van der Waals surface area contributed by atoms with Gasteiger partial charge in [-0.05, 0) is 12.8 Å². The molecule has 0 aromatic carbocycles. The normalized spacial score (nSPS) is 13.9. The van der Waals surface area contributed by atoms with Gasteiger partial charge in [0.25, 0.3) is 0 Å². The van der Waals surface area contributed by atoms with Gasteiger partial charge < -0.3 is 44.6 Å². The third-order valence-corrected chi connectivity index (χ3v) is 2.89. The summed E-state index contributed by atoms with van der Waals surface area (Å²) >= 11 is 0. The number of halogens is 6. The fourth-order valence-corrected chi connectivity index (χ4v) is 0.691. The van der Waals surface area contributed by atoms with E-state index in [0.717, 1.165) is 25.3 Å². The van der Waals surface area contributed by atoms with Gasteiger partial charge in [-0.3, -0.25) is 0 Å². The Morgan fingerprint density at radius 1 is 0.871 bits per heavy atom. The minimum atomic E-state index is -6.09. The third-order valence-electron chi connectivity index (χ3n) is 1.75. The third kappa shape index (κ3) is 29.0. The van der Waals surface area contributed by atoms with Crippen molar-refractivity contribution in [2.24, 2.45) is 4.99 Å². The van der Waals surface area contributed by atoms with Gasteiger partial charge in [0.1, 0.15) is 0 Å². The molecule has 0 saturated heterocycles. The van der Waals surface area contributed by atoms with Crippen LogP contribution in [0.4, 0.5) is 26.3 Å². The first-order valence-electron chi connectivity index (χ1n) is 5.76. The number of hydrogen-bond acceptors (Lipinski definition) is 13. The molecule has 31 heavy (non-hydrogen) atoms. The topological polar surface area (TPSA) is 311 Å². The maximum Gasteiger partial charge on any atom is 2.00 e. The molecule has 0 saturated carbocycles. The van der Waals surface area contributed by atoms with Crippen molar-refractivity contribution in [2.75, 3.05) is 6.61 Å². The number of aliphatic imine (C=N–C) groups is 1. The number of hydrogen-bond donors (Lipinski definition) is 5. The Bertz CT molecular complexity index is 644. The van der Waals surface area contributed by atoms with E-state index < -0.39 is 31.3 Å². The Morgan fingerprint density at radius 2 is 1.16 bits per heavy atom. The summed E-state index contributed by atoms with van der Waals surface area (Å²) in [6.07, 6.45) is 6.04. The molecule has 0 bridgehead atoms. The summed E-state index contributed by atoms with van der Waals surface area (Å²) in [5, 5.41) is 0. The first-order chi connectivity index (χ1) is 10.9. The zero-order valence-corrected chi connectivity index (χ0v) is 20.2. The van der Waals surface area contributed by atoms with E-state index in [1.54, 1.807) is 6.20 Å². The van der Waals surface area contributed by atoms with E-state index in [0.29, 0.717) is 0 Å². The monoisotopic (exact) mass is 700 g/mol. The SMILES string of the molecule is CC1=N/C=C\CCCO1.N.N.N.N.N.O=S(=O)([O-])C(F)(F)F.O=S(=O)([O-])C(F)(F)F.[Os+2]. The molecule has 0 aliphatic carbocycles. The van der Waals surface area contributed by atoms with E-state index in [1.807, 2.05) is 6.92 Å². The van der Waals surface area contributed by atoms with Gasteiger partial charge >= 0.3 is 30.8 Å². The summed E-state index contributed by atoms with van der Waals surface area (Å²) in [7, 11) is -12.2. The molecule has 0 aromatic heterocycles. The molecule has 1 rings (SSSR count). The molecular weight excluding hydrogens is 672 g/mol. The Morgan fingerprint density at radius 3 is 1.42 bits per heavy atom. The van der Waals surface area contributed by atoms with E-state index in [1.165, 1.54) is 0 Å². The largest absolute Gasteiger partial charge is 2.00 e. The standard InChI is InChI=1S/C7H11NO.2CHF3O3S.5H3N.Os/c1-7-8-5-3-2-4-6-9-7;2*2-1(3,4)8(5,6)7;;;;;;/h3,5H,2,4,6H2,1H3;2*(H,5,6,7);5*1H3;/q;;;;;;;;+2/p-2/b5-3-,8-7?;;;;;;;;. The molecule has 1 aliphatic heterocycles. The molecule has 196 valence electrons. The molecule has 1 heterocycles. The number of alkyl halides is 6. The maximum absolute atomic E-state index is 10.7. The number of rotatable bonds is 0. The molecule has 0 amide bonds. The maximum atomic E-state index is 10.7. The number of allylic oxidation sites excluding steroid dienone is 1. The predicted molar refractivity (Wildman–Crippen MR) is 94.0 cm³/mol. The molecule has 13 nitrogen and oxygen atoms in total. The second-order valence-corrected chi connectivity index (χ2v) is 6.57. The summed E-state index contributed by atoms with van der Waals surface area (Å²) in [5.41, 5.74) is -11.3. The first kappa shape index (κ1) is 52.2. The molecule has 0 spiro atoms. The van der Waals surface area contributed by atoms with Gasteiger partial charge in [-0.2, -0.15) is 26.3 Å². The number of nitrogens with zero attached hydrogens (tertiary/aromatic N) is 1. The summed E-state index contributed by atoms with van der Waals surface area (Å²) in [4.78, 5) is 4.00. The van der Waals surface area contributed by atoms with Crippen molar-refractivity contribution in [1.29, 1.82) is 0 Å². The second kappa shape index (κ2) is 20.9. The van der Waals surface area contributed by atoms with Crippen molar-refractivity contribution in [3.8, 4) is 0 Å². The van der Waals surface area contributed by atoms with Crippen molar-refractivity contribution >= 4 is 26.1 Å². The Kier molecular flexibility index (Phi) is 35.2. The quantitative estimate of drug-likeness (QED) is 0.138. The smallest absolute Gasteiger partial charge is 0.741 e. The molecule has 0 fully saturated rings. The van der Waals surface area contributed by atoms with Crippen LogP contribution in [0, 0.1) is 0 Å². The summed E-state index contributed by atoms with van der Waals surface area (Å²) < 4.78 is 123. The molecule has 0 atom stereocenters. The fourth-order valence-electron chi connectivity index (χ4n) is 0.691. The summed E-state index contributed by atoms with van der Waals surface area (Å²) in [6.45, 7) is 2.68.